The summed E-state index contributed by atoms with van der Waals surface area (Å²) >= 11 is 0. The van der Waals surface area contributed by atoms with Gasteiger partial charge in [-0.2, -0.15) is 0 Å². The van der Waals surface area contributed by atoms with Gasteiger partial charge in [0.2, 0.25) is 0 Å². The molecule has 1 aromatic carbocycles. The first-order chi connectivity index (χ1) is 18.3. The molecule has 11 heteroatoms. The topological polar surface area (TPSA) is 121 Å². The van der Waals surface area contributed by atoms with E-state index in [4.69, 9.17) is 9.47 Å². The van der Waals surface area contributed by atoms with E-state index in [0.29, 0.717) is 44.0 Å². The lowest BCUT2D eigenvalue weighted by Gasteiger charge is -2.41. The second-order valence-corrected chi connectivity index (χ2v) is 10.6. The monoisotopic (exact) mass is 544 g/mol. The summed E-state index contributed by atoms with van der Waals surface area (Å²) in [5.41, 5.74) is 0.343. The van der Waals surface area contributed by atoms with Crippen LogP contribution in [-0.2, 0) is 4.74 Å². The average Bonchev–Trinajstić information content (AvgIpc) is 2.83. The summed E-state index contributed by atoms with van der Waals surface area (Å²) in [6, 6.07) is 5.48. The fraction of sp³-hybridized carbons (Fsp3) is 0.500. The van der Waals surface area contributed by atoms with Crippen LogP contribution in [0, 0.1) is 12.7 Å². The summed E-state index contributed by atoms with van der Waals surface area (Å²) in [5.74, 6) is -1.93. The van der Waals surface area contributed by atoms with Gasteiger partial charge in [0, 0.05) is 38.8 Å². The Hall–Kier alpha value is -3.73. The Morgan fingerprint density at radius 1 is 1.21 bits per heavy atom. The number of carbonyl (C=O) groups is 3. The number of rotatable bonds is 8. The summed E-state index contributed by atoms with van der Waals surface area (Å²) in [4.78, 5) is 45.2. The third-order valence-corrected chi connectivity index (χ3v) is 6.25. The van der Waals surface area contributed by atoms with Crippen molar-refractivity contribution in [1.29, 1.82) is 0 Å². The third kappa shape index (κ3) is 7.89. The predicted molar refractivity (Wildman–Crippen MR) is 143 cm³/mol. The van der Waals surface area contributed by atoms with Crippen molar-refractivity contribution in [3.63, 3.8) is 0 Å². The lowest BCUT2D eigenvalue weighted by Crippen LogP contribution is -2.55. The molecule has 2 atom stereocenters. The van der Waals surface area contributed by atoms with Gasteiger partial charge < -0.3 is 24.8 Å². The number of carbonyl (C=O) groups excluding carboxylic acids is 2. The van der Waals surface area contributed by atoms with E-state index in [-0.39, 0.29) is 29.0 Å². The first-order valence-corrected chi connectivity index (χ1v) is 12.9. The number of nitrogens with zero attached hydrogens (tertiary/aromatic N) is 3. The van der Waals surface area contributed by atoms with Gasteiger partial charge >= 0.3 is 12.1 Å². The Kier molecular flexibility index (Phi) is 9.49. The van der Waals surface area contributed by atoms with Gasteiger partial charge in [-0.3, -0.25) is 14.7 Å². The number of aromatic carboxylic acids is 1. The Bertz CT molecular complexity index is 1200. The standard InChI is InChI=1S/C28H37FN4O6/c1-7-30-25(34)21-13-20(26(35)36)17(2)12-23(21)38-24(22-9-8-19(29)14-31-22)16-32-10-11-33(18(3)15-32)27(37)39-28(4,5)6/h8-9,12-14,18,24H,7,10-11,15-16H2,1-6H3,(H,30,34)(H,35,36)/t18-,24?/m1/s1. The van der Waals surface area contributed by atoms with Gasteiger partial charge in [0.1, 0.15) is 17.2 Å². The fourth-order valence-electron chi connectivity index (χ4n) is 4.39. The highest BCUT2D eigenvalue weighted by atomic mass is 19.1. The van der Waals surface area contributed by atoms with Crippen molar-refractivity contribution in [3.8, 4) is 5.75 Å². The Morgan fingerprint density at radius 3 is 2.49 bits per heavy atom. The molecule has 2 aromatic rings. The molecule has 1 unspecified atom stereocenters. The summed E-state index contributed by atoms with van der Waals surface area (Å²) < 4.78 is 25.6. The zero-order valence-corrected chi connectivity index (χ0v) is 23.3. The number of hydrogen-bond acceptors (Lipinski definition) is 7. The van der Waals surface area contributed by atoms with Crippen LogP contribution in [0.5, 0.6) is 5.75 Å². The van der Waals surface area contributed by atoms with E-state index in [1.54, 1.807) is 18.7 Å². The van der Waals surface area contributed by atoms with Crippen LogP contribution in [0.4, 0.5) is 9.18 Å². The molecule has 2 amide bonds. The van der Waals surface area contributed by atoms with Crippen LogP contribution in [0.3, 0.4) is 0 Å². The first kappa shape index (κ1) is 29.8. The molecule has 10 nitrogen and oxygen atoms in total. The molecule has 3 rings (SSSR count). The van der Waals surface area contributed by atoms with Crippen LogP contribution in [0.2, 0.25) is 0 Å². The minimum atomic E-state index is -1.15. The number of carboxylic acids is 1. The highest BCUT2D eigenvalue weighted by molar-refractivity contribution is 6.00. The molecule has 1 aromatic heterocycles. The van der Waals surface area contributed by atoms with Gasteiger partial charge in [0.15, 0.2) is 6.10 Å². The molecule has 0 bridgehead atoms. The van der Waals surface area contributed by atoms with Crippen molar-refractivity contribution in [3.05, 3.63) is 58.7 Å². The molecule has 2 heterocycles. The number of carboxylic acid groups (broad SMARTS) is 1. The number of nitrogens with one attached hydrogen (secondary N) is 1. The molecule has 1 fully saturated rings. The van der Waals surface area contributed by atoms with Crippen LogP contribution < -0.4 is 10.1 Å². The highest BCUT2D eigenvalue weighted by Crippen LogP contribution is 2.30. The van der Waals surface area contributed by atoms with Crippen LogP contribution in [0.25, 0.3) is 0 Å². The molecule has 0 radical (unpaired) electrons. The van der Waals surface area contributed by atoms with Crippen molar-refractivity contribution < 1.29 is 33.4 Å². The maximum absolute atomic E-state index is 13.7. The van der Waals surface area contributed by atoms with E-state index in [9.17, 15) is 23.9 Å². The van der Waals surface area contributed by atoms with Crippen molar-refractivity contribution in [2.24, 2.45) is 0 Å². The summed E-state index contributed by atoms with van der Waals surface area (Å²) in [7, 11) is 0. The average molecular weight is 545 g/mol. The van der Waals surface area contributed by atoms with E-state index < -0.39 is 29.4 Å². The molecular weight excluding hydrogens is 507 g/mol. The van der Waals surface area contributed by atoms with Crippen LogP contribution >= 0.6 is 0 Å². The fourth-order valence-corrected chi connectivity index (χ4v) is 4.39. The maximum Gasteiger partial charge on any atom is 0.410 e. The van der Waals surface area contributed by atoms with Gasteiger partial charge in [-0.1, -0.05) is 0 Å². The Morgan fingerprint density at radius 2 is 1.92 bits per heavy atom. The molecule has 0 aliphatic carbocycles. The molecule has 0 spiro atoms. The number of aromatic nitrogens is 1. The number of benzene rings is 1. The molecule has 1 saturated heterocycles. The number of halogens is 1. The smallest absolute Gasteiger partial charge is 0.410 e. The van der Waals surface area contributed by atoms with E-state index in [2.05, 4.69) is 15.2 Å². The molecule has 39 heavy (non-hydrogen) atoms. The predicted octanol–water partition coefficient (Wildman–Crippen LogP) is 4.04. The van der Waals surface area contributed by atoms with Crippen molar-refractivity contribution >= 4 is 18.0 Å². The van der Waals surface area contributed by atoms with Gasteiger partial charge in [0.25, 0.3) is 5.91 Å². The van der Waals surface area contributed by atoms with Gasteiger partial charge in [-0.15, -0.1) is 0 Å². The number of piperazine rings is 1. The number of pyridine rings is 1. The zero-order valence-electron chi connectivity index (χ0n) is 23.3. The van der Waals surface area contributed by atoms with Crippen molar-refractivity contribution in [2.45, 2.75) is 59.3 Å². The molecule has 212 valence electrons. The number of aryl methyl sites for hydroxylation is 1. The molecule has 1 aliphatic rings. The molecule has 1 aliphatic heterocycles. The normalized spacial score (nSPS) is 16.9. The van der Waals surface area contributed by atoms with Crippen LogP contribution in [0.15, 0.2) is 30.5 Å². The molecule has 0 saturated carbocycles. The number of ether oxygens (including phenoxy) is 2. The van der Waals surface area contributed by atoms with Crippen molar-refractivity contribution in [2.75, 3.05) is 32.7 Å². The minimum absolute atomic E-state index is 0.00727. The van der Waals surface area contributed by atoms with E-state index in [1.807, 2.05) is 27.7 Å². The largest absolute Gasteiger partial charge is 0.482 e. The second-order valence-electron chi connectivity index (χ2n) is 10.6. The van der Waals surface area contributed by atoms with E-state index in [1.165, 1.54) is 24.3 Å². The van der Waals surface area contributed by atoms with Crippen molar-refractivity contribution in [1.82, 2.24) is 20.1 Å². The van der Waals surface area contributed by atoms with Crippen LogP contribution in [0.1, 0.15) is 72.7 Å². The SMILES string of the molecule is CCNC(=O)c1cc(C(=O)O)c(C)cc1OC(CN1CCN(C(=O)OC(C)(C)C)[C@H](C)C1)c1ccc(F)cn1. The number of amides is 2. The lowest BCUT2D eigenvalue weighted by atomic mass is 10.0. The Labute approximate surface area is 228 Å². The van der Waals surface area contributed by atoms with Gasteiger partial charge in [-0.25, -0.2) is 14.0 Å². The summed E-state index contributed by atoms with van der Waals surface area (Å²) in [5, 5.41) is 12.3. The minimum Gasteiger partial charge on any atom is -0.482 e. The Balaban J connectivity index is 1.89. The zero-order chi connectivity index (χ0) is 28.9. The van der Waals surface area contributed by atoms with E-state index >= 15 is 0 Å². The quantitative estimate of drug-likeness (QED) is 0.511. The third-order valence-electron chi connectivity index (χ3n) is 6.25. The molecular formula is C28H37FN4O6. The maximum atomic E-state index is 13.7. The second kappa shape index (κ2) is 12.4. The lowest BCUT2D eigenvalue weighted by molar-refractivity contribution is -0.00317. The summed E-state index contributed by atoms with van der Waals surface area (Å²) in [6.07, 6.45) is 0.00969. The molecule has 2 N–H and O–H groups in total. The van der Waals surface area contributed by atoms with Gasteiger partial charge in [-0.05, 0) is 71.4 Å². The summed E-state index contributed by atoms with van der Waals surface area (Å²) in [6.45, 7) is 13.0. The first-order valence-electron chi connectivity index (χ1n) is 12.9. The van der Waals surface area contributed by atoms with Crippen LogP contribution in [-0.4, -0.2) is 82.2 Å². The highest BCUT2D eigenvalue weighted by Gasteiger charge is 2.33. The van der Waals surface area contributed by atoms with E-state index in [0.717, 1.165) is 6.20 Å². The number of hydrogen-bond donors (Lipinski definition) is 2. The van der Waals surface area contributed by atoms with Gasteiger partial charge in [0.05, 0.1) is 23.0 Å².